The van der Waals surface area contributed by atoms with E-state index in [4.69, 9.17) is 9.72 Å². The second-order valence-electron chi connectivity index (χ2n) is 9.45. The van der Waals surface area contributed by atoms with Gasteiger partial charge in [-0.2, -0.15) is 4.98 Å². The molecule has 6 rings (SSSR count). The molecule has 3 N–H and O–H groups in total. The van der Waals surface area contributed by atoms with Crippen LogP contribution >= 0.6 is 0 Å². The van der Waals surface area contributed by atoms with Gasteiger partial charge in [0.05, 0.1) is 24.6 Å². The number of pyridine rings is 1. The first-order chi connectivity index (χ1) is 16.9. The Morgan fingerprint density at radius 1 is 1.17 bits per heavy atom. The van der Waals surface area contributed by atoms with E-state index in [1.807, 2.05) is 19.9 Å². The molecule has 3 aromatic heterocycles. The molecule has 1 aromatic carbocycles. The summed E-state index contributed by atoms with van der Waals surface area (Å²) in [6, 6.07) is 9.72. The van der Waals surface area contributed by atoms with Crippen molar-refractivity contribution in [1.29, 1.82) is 0 Å². The minimum absolute atomic E-state index is 0.130. The Labute approximate surface area is 201 Å². The third-order valence-electron chi connectivity index (χ3n) is 6.61. The van der Waals surface area contributed by atoms with Gasteiger partial charge in [-0.3, -0.25) is 9.78 Å². The van der Waals surface area contributed by atoms with Gasteiger partial charge in [-0.1, -0.05) is 6.07 Å². The minimum atomic E-state index is -1.12. The van der Waals surface area contributed by atoms with E-state index in [0.717, 1.165) is 25.2 Å². The monoisotopic (exact) mass is 473 g/mol. The van der Waals surface area contributed by atoms with Crippen LogP contribution in [-0.2, 0) is 23.3 Å². The number of nitrogens with zero attached hydrogens (tertiary/aromatic N) is 5. The summed E-state index contributed by atoms with van der Waals surface area (Å²) in [4.78, 5) is 26.8. The molecule has 0 aliphatic carbocycles. The quantitative estimate of drug-likeness (QED) is 0.404. The smallest absolute Gasteiger partial charge is 0.278 e. The largest absolute Gasteiger partial charge is 0.379 e. The fraction of sp³-hybridized carbons (Fsp3) is 0.360. The fourth-order valence-corrected chi connectivity index (χ4v) is 4.71. The van der Waals surface area contributed by atoms with Gasteiger partial charge in [0.2, 0.25) is 5.95 Å². The maximum Gasteiger partial charge on any atom is 0.278 e. The average Bonchev–Trinajstić information content (AvgIpc) is 3.14. The van der Waals surface area contributed by atoms with Gasteiger partial charge in [-0.25, -0.2) is 14.3 Å². The van der Waals surface area contributed by atoms with E-state index in [2.05, 4.69) is 32.7 Å². The Morgan fingerprint density at radius 3 is 2.80 bits per heavy atom. The van der Waals surface area contributed by atoms with Crippen molar-refractivity contribution in [1.82, 2.24) is 29.6 Å². The van der Waals surface area contributed by atoms with Crippen LogP contribution in [0.25, 0.3) is 16.7 Å². The molecule has 0 saturated carbocycles. The van der Waals surface area contributed by atoms with Crippen molar-refractivity contribution >= 4 is 22.7 Å². The number of ether oxygens (including phenoxy) is 1. The number of aliphatic hydroxyl groups is 1. The highest BCUT2D eigenvalue weighted by atomic mass is 16.5. The molecule has 0 amide bonds. The average molecular weight is 474 g/mol. The lowest BCUT2D eigenvalue weighted by Gasteiger charge is -2.35. The van der Waals surface area contributed by atoms with Crippen molar-refractivity contribution in [3.05, 3.63) is 69.9 Å². The molecule has 10 heteroatoms. The summed E-state index contributed by atoms with van der Waals surface area (Å²) >= 11 is 0. The van der Waals surface area contributed by atoms with Crippen LogP contribution in [0.1, 0.15) is 36.7 Å². The third kappa shape index (κ3) is 3.70. The van der Waals surface area contributed by atoms with Crippen LogP contribution in [0.3, 0.4) is 0 Å². The van der Waals surface area contributed by atoms with Crippen molar-refractivity contribution in [2.75, 3.05) is 25.1 Å². The van der Waals surface area contributed by atoms with Crippen molar-refractivity contribution in [2.24, 2.45) is 0 Å². The molecule has 5 heterocycles. The van der Waals surface area contributed by atoms with Gasteiger partial charge >= 0.3 is 0 Å². The summed E-state index contributed by atoms with van der Waals surface area (Å²) in [6.45, 7) is 6.12. The highest BCUT2D eigenvalue weighted by Crippen LogP contribution is 2.30. The van der Waals surface area contributed by atoms with Crippen LogP contribution in [-0.4, -0.2) is 49.2 Å². The van der Waals surface area contributed by atoms with Gasteiger partial charge in [0.25, 0.3) is 5.56 Å². The Hall–Kier alpha value is -3.60. The number of benzene rings is 1. The van der Waals surface area contributed by atoms with Gasteiger partial charge in [0.1, 0.15) is 5.39 Å². The SMILES string of the molecule is CC(C)n1c(=O)c2cnc(Nc3ccc4c(c3)CCNC4)nc2n1-c1ccnc(C2(O)COC2)c1. The van der Waals surface area contributed by atoms with Crippen molar-refractivity contribution < 1.29 is 9.84 Å². The molecule has 0 bridgehead atoms. The van der Waals surface area contributed by atoms with Crippen LogP contribution in [0.2, 0.25) is 0 Å². The van der Waals surface area contributed by atoms with Crippen molar-refractivity contribution in [3.8, 4) is 5.69 Å². The van der Waals surface area contributed by atoms with E-state index >= 15 is 0 Å². The Bertz CT molecular complexity index is 1490. The standard InChI is InChI=1S/C25H27N7O3/c1-15(2)31-23(33)20-12-28-24(29-18-4-3-17-11-26-7-5-16(17)9-18)30-22(20)32(31)19-6-8-27-21(10-19)25(34)13-35-14-25/h3-4,6,8-10,12,15,26,34H,5,7,11,13-14H2,1-2H3,(H,28,29,30). The predicted molar refractivity (Wildman–Crippen MR) is 131 cm³/mol. The number of nitrogens with one attached hydrogen (secondary N) is 2. The first-order valence-electron chi connectivity index (χ1n) is 11.8. The molecule has 180 valence electrons. The zero-order valence-electron chi connectivity index (χ0n) is 19.7. The van der Waals surface area contributed by atoms with E-state index in [1.54, 1.807) is 33.9 Å². The lowest BCUT2D eigenvalue weighted by atomic mass is 9.97. The van der Waals surface area contributed by atoms with Crippen LogP contribution < -0.4 is 16.2 Å². The Balaban J connectivity index is 1.45. The highest BCUT2D eigenvalue weighted by Gasteiger charge is 2.39. The molecule has 0 unspecified atom stereocenters. The molecule has 2 aliphatic rings. The molecule has 2 aliphatic heterocycles. The number of hydrogen-bond donors (Lipinski definition) is 3. The highest BCUT2D eigenvalue weighted by molar-refractivity contribution is 5.77. The number of rotatable bonds is 5. The molecule has 35 heavy (non-hydrogen) atoms. The lowest BCUT2D eigenvalue weighted by Crippen LogP contribution is -2.47. The summed E-state index contributed by atoms with van der Waals surface area (Å²) in [5, 5.41) is 17.8. The summed E-state index contributed by atoms with van der Waals surface area (Å²) < 4.78 is 8.62. The van der Waals surface area contributed by atoms with Crippen LogP contribution in [0.5, 0.6) is 0 Å². The Morgan fingerprint density at radius 2 is 2.03 bits per heavy atom. The van der Waals surface area contributed by atoms with E-state index in [-0.39, 0.29) is 24.8 Å². The zero-order valence-corrected chi connectivity index (χ0v) is 19.7. The fourth-order valence-electron chi connectivity index (χ4n) is 4.71. The van der Waals surface area contributed by atoms with Crippen molar-refractivity contribution in [3.63, 3.8) is 0 Å². The number of hydrogen-bond acceptors (Lipinski definition) is 8. The molecule has 10 nitrogen and oxygen atoms in total. The Kier molecular flexibility index (Phi) is 5.17. The van der Waals surface area contributed by atoms with E-state index in [9.17, 15) is 9.90 Å². The summed E-state index contributed by atoms with van der Waals surface area (Å²) in [6.07, 6.45) is 4.17. The minimum Gasteiger partial charge on any atom is -0.379 e. The summed E-state index contributed by atoms with van der Waals surface area (Å²) in [5.74, 6) is 0.404. The second-order valence-corrected chi connectivity index (χ2v) is 9.45. The van der Waals surface area contributed by atoms with Crippen LogP contribution in [0, 0.1) is 0 Å². The number of aromatic nitrogens is 5. The van der Waals surface area contributed by atoms with E-state index < -0.39 is 5.60 Å². The number of fused-ring (bicyclic) bond motifs is 2. The molecule has 0 spiro atoms. The number of anilines is 2. The predicted octanol–water partition coefficient (Wildman–Crippen LogP) is 2.17. The molecule has 0 atom stereocenters. The molecule has 1 fully saturated rings. The van der Waals surface area contributed by atoms with Gasteiger partial charge in [-0.15, -0.1) is 0 Å². The maximum atomic E-state index is 13.3. The van der Waals surface area contributed by atoms with Crippen molar-refractivity contribution in [2.45, 2.75) is 38.5 Å². The van der Waals surface area contributed by atoms with Crippen LogP contribution in [0.4, 0.5) is 11.6 Å². The first kappa shape index (κ1) is 21.9. The second kappa shape index (κ2) is 8.26. The molecular formula is C25H27N7O3. The summed E-state index contributed by atoms with van der Waals surface area (Å²) in [7, 11) is 0. The van der Waals surface area contributed by atoms with Gasteiger partial charge in [-0.05, 0) is 62.2 Å². The lowest BCUT2D eigenvalue weighted by molar-refractivity contribution is -0.186. The molecule has 0 radical (unpaired) electrons. The third-order valence-corrected chi connectivity index (χ3v) is 6.61. The zero-order chi connectivity index (χ0) is 24.2. The molecular weight excluding hydrogens is 446 g/mol. The normalized spacial score (nSPS) is 16.8. The topological polar surface area (TPSA) is 119 Å². The maximum absolute atomic E-state index is 13.3. The first-order valence-corrected chi connectivity index (χ1v) is 11.8. The molecule has 1 saturated heterocycles. The van der Waals surface area contributed by atoms with Gasteiger partial charge in [0.15, 0.2) is 11.2 Å². The van der Waals surface area contributed by atoms with Crippen LogP contribution in [0.15, 0.2) is 47.5 Å². The molecule has 4 aromatic rings. The van der Waals surface area contributed by atoms with E-state index in [0.29, 0.717) is 28.4 Å². The van der Waals surface area contributed by atoms with Gasteiger partial charge < -0.3 is 20.5 Å². The summed E-state index contributed by atoms with van der Waals surface area (Å²) in [5.41, 5.74) is 3.88. The van der Waals surface area contributed by atoms with E-state index in [1.165, 1.54) is 11.1 Å². The van der Waals surface area contributed by atoms with Gasteiger partial charge in [0, 0.05) is 30.7 Å².